The summed E-state index contributed by atoms with van der Waals surface area (Å²) >= 11 is 0. The van der Waals surface area contributed by atoms with Crippen molar-refractivity contribution in [3.8, 4) is 0 Å². The minimum Gasteiger partial charge on any atom is -0.343 e. The van der Waals surface area contributed by atoms with Gasteiger partial charge in [-0.1, -0.05) is 0 Å². The highest BCUT2D eigenvalue weighted by Gasteiger charge is 2.25. The van der Waals surface area contributed by atoms with Crippen molar-refractivity contribution in [2.75, 3.05) is 27.2 Å². The molecule has 1 aliphatic heterocycles. The molecule has 0 radical (unpaired) electrons. The summed E-state index contributed by atoms with van der Waals surface area (Å²) in [6, 6.07) is 5.27. The van der Waals surface area contributed by atoms with Crippen LogP contribution < -0.4 is 0 Å². The Labute approximate surface area is 159 Å². The van der Waals surface area contributed by atoms with Crippen LogP contribution in [0, 0.1) is 12.8 Å². The Morgan fingerprint density at radius 2 is 1.96 bits per heavy atom. The van der Waals surface area contributed by atoms with Crippen molar-refractivity contribution < 1.29 is 9.59 Å². The number of carbonyl (C=O) groups excluding carboxylic acids is 2. The van der Waals surface area contributed by atoms with Crippen LogP contribution in [0.3, 0.4) is 0 Å². The van der Waals surface area contributed by atoms with Crippen molar-refractivity contribution in [2.45, 2.75) is 26.2 Å². The molecule has 0 spiro atoms. The van der Waals surface area contributed by atoms with Gasteiger partial charge in [0, 0.05) is 50.8 Å². The summed E-state index contributed by atoms with van der Waals surface area (Å²) in [6.45, 7) is 3.27. The summed E-state index contributed by atoms with van der Waals surface area (Å²) in [5.41, 5.74) is 1.95. The number of hydrogen-bond acceptors (Lipinski definition) is 5. The summed E-state index contributed by atoms with van der Waals surface area (Å²) in [7, 11) is 3.42. The Morgan fingerprint density at radius 3 is 2.67 bits per heavy atom. The first-order valence-corrected chi connectivity index (χ1v) is 9.19. The van der Waals surface area contributed by atoms with Crippen molar-refractivity contribution in [1.82, 2.24) is 24.8 Å². The molecule has 7 heteroatoms. The molecule has 7 nitrogen and oxygen atoms in total. The van der Waals surface area contributed by atoms with Crippen molar-refractivity contribution in [1.29, 1.82) is 0 Å². The Hall–Kier alpha value is -2.83. The molecule has 2 amide bonds. The summed E-state index contributed by atoms with van der Waals surface area (Å²) < 4.78 is 0. The Balaban J connectivity index is 1.71. The highest BCUT2D eigenvalue weighted by atomic mass is 16.2. The number of piperidine rings is 1. The molecular weight excluding hydrogens is 342 g/mol. The molecule has 142 valence electrons. The second kappa shape index (κ2) is 8.24. The van der Waals surface area contributed by atoms with Crippen LogP contribution in [0.15, 0.2) is 30.6 Å². The van der Waals surface area contributed by atoms with Crippen LogP contribution >= 0.6 is 0 Å². The first-order chi connectivity index (χ1) is 12.9. The van der Waals surface area contributed by atoms with E-state index in [2.05, 4.69) is 15.0 Å². The fourth-order valence-corrected chi connectivity index (χ4v) is 3.46. The van der Waals surface area contributed by atoms with E-state index >= 15 is 0 Å². The number of pyridine rings is 1. The van der Waals surface area contributed by atoms with Crippen molar-refractivity contribution in [3.05, 3.63) is 53.4 Å². The van der Waals surface area contributed by atoms with Crippen molar-refractivity contribution in [2.24, 2.45) is 5.92 Å². The molecule has 1 atom stereocenters. The lowest BCUT2D eigenvalue weighted by molar-refractivity contribution is 0.0672. The normalized spacial score (nSPS) is 16.9. The van der Waals surface area contributed by atoms with Gasteiger partial charge in [-0.15, -0.1) is 0 Å². The maximum absolute atomic E-state index is 12.7. The standard InChI is InChI=1S/C20H25N5O2/c1-14-22-17(12-18(23-14)20(27)24(2)3)11-15-5-4-10-25(13-15)19(26)16-6-8-21-9-7-16/h6-9,12,15H,4-5,10-11,13H2,1-3H3. The van der Waals surface area contributed by atoms with Gasteiger partial charge in [-0.25, -0.2) is 9.97 Å². The first kappa shape index (κ1) is 18.9. The van der Waals surface area contributed by atoms with Crippen LogP contribution in [0.5, 0.6) is 0 Å². The van der Waals surface area contributed by atoms with Gasteiger partial charge in [0.1, 0.15) is 11.5 Å². The minimum atomic E-state index is -0.125. The lowest BCUT2D eigenvalue weighted by Crippen LogP contribution is -2.40. The van der Waals surface area contributed by atoms with Crippen molar-refractivity contribution >= 4 is 11.8 Å². The molecule has 1 fully saturated rings. The number of nitrogens with zero attached hydrogens (tertiary/aromatic N) is 5. The van der Waals surface area contributed by atoms with Crippen LogP contribution in [0.2, 0.25) is 0 Å². The van der Waals surface area contributed by atoms with Gasteiger partial charge in [-0.05, 0) is 50.3 Å². The number of carbonyl (C=O) groups is 2. The number of aromatic nitrogens is 3. The molecule has 3 heterocycles. The van der Waals surface area contributed by atoms with E-state index < -0.39 is 0 Å². The molecule has 0 bridgehead atoms. The van der Waals surface area contributed by atoms with E-state index in [0.717, 1.165) is 31.5 Å². The fourth-order valence-electron chi connectivity index (χ4n) is 3.46. The molecule has 0 N–H and O–H groups in total. The van der Waals surface area contributed by atoms with E-state index in [9.17, 15) is 9.59 Å². The maximum atomic E-state index is 12.7. The summed E-state index contributed by atoms with van der Waals surface area (Å²) in [5.74, 6) is 0.837. The number of aryl methyl sites for hydroxylation is 1. The minimum absolute atomic E-state index is 0.0458. The van der Waals surface area contributed by atoms with Gasteiger partial charge in [0.15, 0.2) is 0 Å². The number of hydrogen-bond donors (Lipinski definition) is 0. The maximum Gasteiger partial charge on any atom is 0.272 e. The van der Waals surface area contributed by atoms with E-state index in [1.54, 1.807) is 51.6 Å². The molecule has 0 aliphatic carbocycles. The molecule has 27 heavy (non-hydrogen) atoms. The number of amides is 2. The second-order valence-corrected chi connectivity index (χ2v) is 7.19. The van der Waals surface area contributed by atoms with E-state index in [4.69, 9.17) is 0 Å². The van der Waals surface area contributed by atoms with Gasteiger partial charge in [0.05, 0.1) is 0 Å². The predicted molar refractivity (Wildman–Crippen MR) is 101 cm³/mol. The van der Waals surface area contributed by atoms with E-state index in [1.807, 2.05) is 4.90 Å². The van der Waals surface area contributed by atoms with Crippen molar-refractivity contribution in [3.63, 3.8) is 0 Å². The van der Waals surface area contributed by atoms with Crippen LogP contribution in [0.4, 0.5) is 0 Å². The third kappa shape index (κ3) is 4.67. The third-order valence-corrected chi connectivity index (χ3v) is 4.75. The van der Waals surface area contributed by atoms with Gasteiger partial charge >= 0.3 is 0 Å². The second-order valence-electron chi connectivity index (χ2n) is 7.19. The highest BCUT2D eigenvalue weighted by molar-refractivity contribution is 5.94. The van der Waals surface area contributed by atoms with Crippen LogP contribution in [0.1, 0.15) is 45.2 Å². The molecule has 1 unspecified atom stereocenters. The quantitative estimate of drug-likeness (QED) is 0.825. The third-order valence-electron chi connectivity index (χ3n) is 4.75. The zero-order valence-electron chi connectivity index (χ0n) is 16.1. The monoisotopic (exact) mass is 367 g/mol. The topological polar surface area (TPSA) is 79.3 Å². The Kier molecular flexibility index (Phi) is 5.78. The van der Waals surface area contributed by atoms with Crippen LogP contribution in [-0.4, -0.2) is 63.8 Å². The summed E-state index contributed by atoms with van der Waals surface area (Å²) in [6.07, 6.45) is 6.02. The molecule has 0 saturated carbocycles. The first-order valence-electron chi connectivity index (χ1n) is 9.19. The lowest BCUT2D eigenvalue weighted by atomic mass is 9.92. The van der Waals surface area contributed by atoms with Crippen LogP contribution in [-0.2, 0) is 6.42 Å². The molecule has 3 rings (SSSR count). The average Bonchev–Trinajstić information content (AvgIpc) is 2.67. The molecule has 2 aromatic rings. The van der Waals surface area contributed by atoms with Gasteiger partial charge in [0.2, 0.25) is 0 Å². The summed E-state index contributed by atoms with van der Waals surface area (Å²) in [5, 5.41) is 0. The zero-order valence-corrected chi connectivity index (χ0v) is 16.1. The van der Waals surface area contributed by atoms with E-state index in [1.165, 1.54) is 4.90 Å². The van der Waals surface area contributed by atoms with Gasteiger partial charge in [-0.2, -0.15) is 0 Å². The molecule has 1 saturated heterocycles. The Morgan fingerprint density at radius 1 is 1.22 bits per heavy atom. The zero-order chi connectivity index (χ0) is 19.4. The van der Waals surface area contributed by atoms with E-state index in [0.29, 0.717) is 29.5 Å². The molecule has 2 aromatic heterocycles. The summed E-state index contributed by atoms with van der Waals surface area (Å²) in [4.78, 5) is 41.1. The van der Waals surface area contributed by atoms with Gasteiger partial charge < -0.3 is 9.80 Å². The Bertz CT molecular complexity index is 822. The van der Waals surface area contributed by atoms with E-state index in [-0.39, 0.29) is 11.8 Å². The average molecular weight is 367 g/mol. The molecule has 1 aliphatic rings. The van der Waals surface area contributed by atoms with Gasteiger partial charge in [-0.3, -0.25) is 14.6 Å². The molecular formula is C20H25N5O2. The largest absolute Gasteiger partial charge is 0.343 e. The number of rotatable bonds is 4. The van der Waals surface area contributed by atoms with Crippen LogP contribution in [0.25, 0.3) is 0 Å². The lowest BCUT2D eigenvalue weighted by Gasteiger charge is -2.32. The number of likely N-dealkylation sites (tertiary alicyclic amines) is 1. The predicted octanol–water partition coefficient (Wildman–Crippen LogP) is 1.98. The smallest absolute Gasteiger partial charge is 0.272 e. The molecule has 0 aromatic carbocycles. The highest BCUT2D eigenvalue weighted by Crippen LogP contribution is 2.22. The van der Waals surface area contributed by atoms with Gasteiger partial charge in [0.25, 0.3) is 11.8 Å². The SMILES string of the molecule is Cc1nc(CC2CCCN(C(=O)c3ccncc3)C2)cc(C(=O)N(C)C)n1. The fraction of sp³-hybridized carbons (Fsp3) is 0.450.